The Balaban J connectivity index is 0. The number of rotatable bonds is 0. The van der Waals surface area contributed by atoms with Crippen LogP contribution in [0.2, 0.25) is 0 Å². The van der Waals surface area contributed by atoms with Gasteiger partial charge in [0.15, 0.2) is 0 Å². The molecule has 0 unspecified atom stereocenters. The number of hydrogen-bond donors (Lipinski definition) is 0. The third-order valence-corrected chi connectivity index (χ3v) is 0. The molecule has 0 N–H and O–H groups in total. The second-order valence-corrected chi connectivity index (χ2v) is 0. The van der Waals surface area contributed by atoms with Gasteiger partial charge in [-0.25, -0.2) is 0 Å². The molecule has 0 aliphatic rings. The van der Waals surface area contributed by atoms with Crippen molar-refractivity contribution in [3.63, 3.8) is 0 Å². The van der Waals surface area contributed by atoms with Gasteiger partial charge in [-0.3, -0.25) is 0 Å². The summed E-state index contributed by atoms with van der Waals surface area (Å²) in [6.45, 7) is 0. The van der Waals surface area contributed by atoms with Gasteiger partial charge in [-0.1, -0.05) is 0 Å². The van der Waals surface area contributed by atoms with Crippen LogP contribution in [0.1, 0.15) is 0 Å². The minimum Gasteiger partial charge on any atom is 0 e. The van der Waals surface area contributed by atoms with Gasteiger partial charge in [0.25, 0.3) is 0 Å². The van der Waals surface area contributed by atoms with Crippen LogP contribution in [0.3, 0.4) is 0 Å². The fourth-order valence-corrected chi connectivity index (χ4v) is 0. The Morgan fingerprint density at radius 3 is 0.750 bits per heavy atom. The fourth-order valence-electron chi connectivity index (χ4n) is 0. The maximum Gasteiger partial charge on any atom is 0 e. The van der Waals surface area contributed by atoms with Crippen molar-refractivity contribution < 1.29 is 22.4 Å². The van der Waals surface area contributed by atoms with Crippen LogP contribution in [-0.4, -0.2) is 72.2 Å². The molecule has 0 bridgehead atoms. The molecule has 0 aromatic carbocycles. The van der Waals surface area contributed by atoms with Gasteiger partial charge in [-0.2, -0.15) is 0 Å². The Kier molecular flexibility index (Phi) is 112. The Labute approximate surface area is 92.7 Å². The van der Waals surface area contributed by atoms with Gasteiger partial charge in [0.05, 0.1) is 0 Å². The minimum absolute atomic E-state index is 0. The standard InChI is InChI=1S/Au.Sb.2Sn. The van der Waals surface area contributed by atoms with Gasteiger partial charge in [-0.15, -0.1) is 0 Å². The first-order valence-electron chi connectivity index (χ1n) is 0. The van der Waals surface area contributed by atoms with Gasteiger partial charge in [-0.05, 0) is 0 Å². The summed E-state index contributed by atoms with van der Waals surface area (Å²) < 4.78 is 0. The van der Waals surface area contributed by atoms with Crippen molar-refractivity contribution >= 4 is 72.2 Å². The summed E-state index contributed by atoms with van der Waals surface area (Å²) in [7, 11) is 0. The van der Waals surface area contributed by atoms with Gasteiger partial charge >= 0.3 is 0 Å². The number of hydrogen-bond acceptors (Lipinski definition) is 0. The van der Waals surface area contributed by atoms with Gasteiger partial charge < -0.3 is 0 Å². The molecule has 0 aromatic heterocycles. The maximum atomic E-state index is 0. The zero-order valence-corrected chi connectivity index (χ0v) is 12.2. The Morgan fingerprint density at radius 1 is 0.750 bits per heavy atom. The van der Waals surface area contributed by atoms with Crippen molar-refractivity contribution in [1.82, 2.24) is 0 Å². The molecule has 0 aromatic rings. The molecule has 0 saturated carbocycles. The summed E-state index contributed by atoms with van der Waals surface area (Å²) in [5.41, 5.74) is 0. The monoisotopic (exact) mass is 558 g/mol. The molecule has 24 valence electrons. The Morgan fingerprint density at radius 2 is 0.750 bits per heavy atom. The van der Waals surface area contributed by atoms with Crippen LogP contribution in [-0.2, 0) is 22.4 Å². The van der Waals surface area contributed by atoms with Crippen molar-refractivity contribution in [2.75, 3.05) is 0 Å². The summed E-state index contributed by atoms with van der Waals surface area (Å²) in [6.07, 6.45) is 0. The van der Waals surface area contributed by atoms with Crippen LogP contribution in [0.4, 0.5) is 0 Å². The van der Waals surface area contributed by atoms with Crippen molar-refractivity contribution in [1.29, 1.82) is 0 Å². The normalized spacial score (nSPS) is 0. The smallest absolute Gasteiger partial charge is 0 e. The predicted molar refractivity (Wildman–Crippen MR) is 17.3 cm³/mol. The van der Waals surface area contributed by atoms with E-state index in [0.717, 1.165) is 0 Å². The van der Waals surface area contributed by atoms with Crippen molar-refractivity contribution in [2.45, 2.75) is 0 Å². The average Bonchev–Trinajstić information content (AvgIpc) is 0. The van der Waals surface area contributed by atoms with Crippen LogP contribution in [0.25, 0.3) is 0 Å². The van der Waals surface area contributed by atoms with Crippen molar-refractivity contribution in [3.8, 4) is 0 Å². The van der Waals surface area contributed by atoms with Crippen LogP contribution < -0.4 is 0 Å². The van der Waals surface area contributed by atoms with Crippen LogP contribution in [0, 0.1) is 0 Å². The van der Waals surface area contributed by atoms with Crippen molar-refractivity contribution in [2.24, 2.45) is 0 Å². The fraction of sp³-hybridized carbons (Fsp3) is 0. The largest absolute Gasteiger partial charge is 0 e. The van der Waals surface area contributed by atoms with E-state index in [2.05, 4.69) is 0 Å². The van der Waals surface area contributed by atoms with E-state index in [4.69, 9.17) is 0 Å². The molecule has 0 rings (SSSR count). The molecule has 12 radical (unpaired) electrons. The SMILES string of the molecule is [Au].[Sb].[Sn].[Sn]. The Bertz CT molecular complexity index is 6.00. The third-order valence-electron chi connectivity index (χ3n) is 0. The first kappa shape index (κ1) is 27.2. The average molecular weight is 556 g/mol. The van der Waals surface area contributed by atoms with E-state index >= 15 is 0 Å². The molecule has 0 amide bonds. The summed E-state index contributed by atoms with van der Waals surface area (Å²) in [4.78, 5) is 0. The molecule has 0 fully saturated rings. The molecule has 4 heavy (non-hydrogen) atoms. The first-order valence-corrected chi connectivity index (χ1v) is 0. The zero-order chi connectivity index (χ0) is 0. The molecule has 0 atom stereocenters. The second-order valence-electron chi connectivity index (χ2n) is 0. The summed E-state index contributed by atoms with van der Waals surface area (Å²) in [5, 5.41) is 0. The summed E-state index contributed by atoms with van der Waals surface area (Å²) in [5.74, 6) is 0. The van der Waals surface area contributed by atoms with Gasteiger partial charge in [0.2, 0.25) is 0 Å². The molecule has 4 heteroatoms. The summed E-state index contributed by atoms with van der Waals surface area (Å²) in [6, 6.07) is 0. The molecular weight excluding hydrogens is 556 g/mol. The quantitative estimate of drug-likeness (QED) is 0.332. The van der Waals surface area contributed by atoms with E-state index in [1.165, 1.54) is 0 Å². The molecule has 0 aliphatic carbocycles. The van der Waals surface area contributed by atoms with E-state index in [1.807, 2.05) is 0 Å². The van der Waals surface area contributed by atoms with Crippen LogP contribution >= 0.6 is 0 Å². The zero-order valence-electron chi connectivity index (χ0n) is 1.75. The third kappa shape index (κ3) is 8.94. The molecular formula is AuSbSn2. The minimum atomic E-state index is 0. The summed E-state index contributed by atoms with van der Waals surface area (Å²) >= 11 is 0. The van der Waals surface area contributed by atoms with E-state index in [0.29, 0.717) is 0 Å². The maximum absolute atomic E-state index is 0. The van der Waals surface area contributed by atoms with E-state index in [-0.39, 0.29) is 94.6 Å². The van der Waals surface area contributed by atoms with Crippen molar-refractivity contribution in [3.05, 3.63) is 0 Å². The second kappa shape index (κ2) is 16.4. The molecule has 0 spiro atoms. The topological polar surface area (TPSA) is 0 Å². The predicted octanol–water partition coefficient (Wildman–Crippen LogP) is -1.14. The first-order chi connectivity index (χ1) is 0. The molecule has 0 nitrogen and oxygen atoms in total. The van der Waals surface area contributed by atoms with Crippen LogP contribution in [0.15, 0.2) is 0 Å². The molecule has 0 heterocycles. The van der Waals surface area contributed by atoms with E-state index in [1.54, 1.807) is 0 Å². The van der Waals surface area contributed by atoms with E-state index in [9.17, 15) is 0 Å². The van der Waals surface area contributed by atoms with Crippen LogP contribution in [0.5, 0.6) is 0 Å². The van der Waals surface area contributed by atoms with Gasteiger partial charge in [0.1, 0.15) is 0 Å². The molecule has 0 saturated heterocycles. The van der Waals surface area contributed by atoms with E-state index < -0.39 is 0 Å². The van der Waals surface area contributed by atoms with Gasteiger partial charge in [0, 0.05) is 94.6 Å². The molecule has 0 aliphatic heterocycles. The Hall–Kier alpha value is 3.16.